The molecule has 0 spiro atoms. The zero-order valence-corrected chi connectivity index (χ0v) is 21.1. The molecule has 0 amide bonds. The number of benzene rings is 2. The number of fused-ring (bicyclic) bond motifs is 1. The highest BCUT2D eigenvalue weighted by atomic mass is 35.5. The van der Waals surface area contributed by atoms with Gasteiger partial charge in [-0.2, -0.15) is 0 Å². The van der Waals surface area contributed by atoms with Crippen molar-refractivity contribution >= 4 is 35.0 Å². The first-order chi connectivity index (χ1) is 17.0. The van der Waals surface area contributed by atoms with Gasteiger partial charge in [0.1, 0.15) is 17.4 Å². The molecule has 1 aliphatic rings. The van der Waals surface area contributed by atoms with Crippen molar-refractivity contribution in [2.75, 3.05) is 7.11 Å². The Morgan fingerprint density at radius 1 is 1.09 bits per heavy atom. The largest absolute Gasteiger partial charge is 0.495 e. The molecule has 1 aliphatic carbocycles. The van der Waals surface area contributed by atoms with E-state index in [9.17, 15) is 8.78 Å². The van der Waals surface area contributed by atoms with Crippen LogP contribution in [0.4, 0.5) is 8.78 Å². The maximum Gasteiger partial charge on any atom is 0.173 e. The van der Waals surface area contributed by atoms with Crippen LogP contribution in [-0.2, 0) is 12.2 Å². The van der Waals surface area contributed by atoms with Crippen LogP contribution in [0.3, 0.4) is 0 Å². The van der Waals surface area contributed by atoms with Crippen LogP contribution >= 0.6 is 35.0 Å². The number of aryl methyl sites for hydroxylation is 1. The lowest BCUT2D eigenvalue weighted by Gasteiger charge is -2.26. The molecule has 4 nitrogen and oxygen atoms in total. The van der Waals surface area contributed by atoms with Gasteiger partial charge >= 0.3 is 0 Å². The van der Waals surface area contributed by atoms with Crippen LogP contribution in [-0.4, -0.2) is 21.6 Å². The van der Waals surface area contributed by atoms with Gasteiger partial charge in [-0.15, -0.1) is 0 Å². The number of ether oxygens (including phenoxy) is 1. The fraction of sp³-hybridized carbons (Fsp3) is 0.231. The predicted molar refractivity (Wildman–Crippen MR) is 135 cm³/mol. The minimum absolute atomic E-state index is 0.0399. The average Bonchev–Trinajstić information content (AvgIpc) is 3.23. The maximum atomic E-state index is 14.4. The second-order valence-electron chi connectivity index (χ2n) is 8.25. The Morgan fingerprint density at radius 3 is 2.63 bits per heavy atom. The van der Waals surface area contributed by atoms with Crippen LogP contribution in [0.1, 0.15) is 41.3 Å². The quantitative estimate of drug-likeness (QED) is 0.240. The molecular formula is C26H21Cl2F2N3OS. The van der Waals surface area contributed by atoms with E-state index in [1.807, 2.05) is 18.2 Å². The monoisotopic (exact) mass is 531 g/mol. The highest BCUT2D eigenvalue weighted by molar-refractivity contribution is 7.98. The van der Waals surface area contributed by atoms with E-state index in [1.54, 1.807) is 19.2 Å². The Bertz CT molecular complexity index is 1360. The third-order valence-electron chi connectivity index (χ3n) is 6.16. The van der Waals surface area contributed by atoms with Gasteiger partial charge in [0.15, 0.2) is 5.16 Å². The smallest absolute Gasteiger partial charge is 0.173 e. The highest BCUT2D eigenvalue weighted by Crippen LogP contribution is 2.43. The Labute approximate surface area is 216 Å². The minimum atomic E-state index is -0.458. The fourth-order valence-electron chi connectivity index (χ4n) is 4.47. The summed E-state index contributed by atoms with van der Waals surface area (Å²) >= 11 is 13.9. The minimum Gasteiger partial charge on any atom is -0.495 e. The Hall–Kier alpha value is -2.61. The molecule has 2 heterocycles. The number of pyridine rings is 1. The van der Waals surface area contributed by atoms with Gasteiger partial charge in [-0.1, -0.05) is 41.0 Å². The van der Waals surface area contributed by atoms with E-state index in [2.05, 4.69) is 9.55 Å². The number of hydrogen-bond acceptors (Lipinski definition) is 4. The van der Waals surface area contributed by atoms with E-state index >= 15 is 0 Å². The third-order valence-corrected chi connectivity index (χ3v) is 7.76. The number of nitrogens with zero attached hydrogens (tertiary/aromatic N) is 3. The molecule has 35 heavy (non-hydrogen) atoms. The van der Waals surface area contributed by atoms with Crippen molar-refractivity contribution in [3.8, 4) is 11.4 Å². The number of imidazole rings is 1. The van der Waals surface area contributed by atoms with Crippen molar-refractivity contribution in [3.05, 3.63) is 99.1 Å². The number of hydrogen-bond donors (Lipinski definition) is 0. The van der Waals surface area contributed by atoms with Gasteiger partial charge in [0.05, 0.1) is 34.7 Å². The predicted octanol–water partition coefficient (Wildman–Crippen LogP) is 7.62. The molecule has 0 bridgehead atoms. The van der Waals surface area contributed by atoms with Crippen molar-refractivity contribution in [1.29, 1.82) is 0 Å². The standard InChI is InChI=1S/C26H21Cl2F2N3OS/c1-34-24-11-15(5-10-20(24)27)18-3-2-4-23-25(18)33(17-8-6-16(29)7-9-17)26(32-23)35-14-19-21(28)12-31-13-22(19)30/h5-13,18H,2-4,14H2,1H3. The van der Waals surface area contributed by atoms with Gasteiger partial charge in [0.25, 0.3) is 0 Å². The number of thioether (sulfide) groups is 1. The summed E-state index contributed by atoms with van der Waals surface area (Å²) in [6.45, 7) is 0. The van der Waals surface area contributed by atoms with E-state index in [4.69, 9.17) is 32.9 Å². The van der Waals surface area contributed by atoms with Crippen molar-refractivity contribution in [2.45, 2.75) is 36.1 Å². The number of halogens is 4. The summed E-state index contributed by atoms with van der Waals surface area (Å²) < 4.78 is 35.7. The molecular weight excluding hydrogens is 511 g/mol. The third kappa shape index (κ3) is 4.77. The van der Waals surface area contributed by atoms with Crippen LogP contribution in [0.5, 0.6) is 5.75 Å². The number of aromatic nitrogens is 3. The lowest BCUT2D eigenvalue weighted by molar-refractivity contribution is 0.414. The van der Waals surface area contributed by atoms with Gasteiger partial charge in [-0.05, 0) is 61.2 Å². The lowest BCUT2D eigenvalue weighted by atomic mass is 9.84. The molecule has 4 aromatic rings. The molecule has 1 atom stereocenters. The normalized spacial score (nSPS) is 15.2. The average molecular weight is 532 g/mol. The van der Waals surface area contributed by atoms with Gasteiger partial charge in [-0.25, -0.2) is 13.8 Å². The van der Waals surface area contributed by atoms with Crippen molar-refractivity contribution in [3.63, 3.8) is 0 Å². The zero-order chi connectivity index (χ0) is 24.5. The van der Waals surface area contributed by atoms with E-state index in [-0.39, 0.29) is 22.5 Å². The SMILES string of the molecule is COc1cc(C2CCCc3nc(SCc4c(F)cncc4Cl)n(-c4ccc(F)cc4)c32)ccc1Cl. The Balaban J connectivity index is 1.62. The molecule has 1 unspecified atom stereocenters. The maximum absolute atomic E-state index is 14.4. The van der Waals surface area contributed by atoms with Gasteiger partial charge in [0, 0.05) is 29.1 Å². The Morgan fingerprint density at radius 2 is 1.89 bits per heavy atom. The molecule has 0 saturated carbocycles. The van der Waals surface area contributed by atoms with Crippen molar-refractivity contribution < 1.29 is 13.5 Å². The summed E-state index contributed by atoms with van der Waals surface area (Å²) in [5.41, 5.74) is 4.24. The highest BCUT2D eigenvalue weighted by Gasteiger charge is 2.30. The second kappa shape index (κ2) is 10.2. The van der Waals surface area contributed by atoms with Crippen molar-refractivity contribution in [2.24, 2.45) is 0 Å². The summed E-state index contributed by atoms with van der Waals surface area (Å²) in [4.78, 5) is 8.75. The van der Waals surface area contributed by atoms with Gasteiger partial charge in [-0.3, -0.25) is 9.55 Å². The first kappa shape index (κ1) is 24.1. The molecule has 2 aromatic heterocycles. The molecule has 180 valence electrons. The van der Waals surface area contributed by atoms with E-state index in [0.29, 0.717) is 21.5 Å². The van der Waals surface area contributed by atoms with E-state index < -0.39 is 5.82 Å². The molecule has 2 aromatic carbocycles. The fourth-order valence-corrected chi connectivity index (χ4v) is 6.03. The summed E-state index contributed by atoms with van der Waals surface area (Å²) in [5.74, 6) is 0.158. The summed E-state index contributed by atoms with van der Waals surface area (Å²) in [6, 6.07) is 12.1. The molecule has 0 saturated heterocycles. The van der Waals surface area contributed by atoms with E-state index in [0.717, 1.165) is 48.1 Å². The van der Waals surface area contributed by atoms with Crippen LogP contribution in [0, 0.1) is 11.6 Å². The number of methoxy groups -OCH3 is 1. The zero-order valence-electron chi connectivity index (χ0n) is 18.8. The molecule has 0 fully saturated rings. The summed E-state index contributed by atoms with van der Waals surface area (Å²) in [6.07, 6.45) is 5.30. The summed E-state index contributed by atoms with van der Waals surface area (Å²) in [5, 5.41) is 1.52. The van der Waals surface area contributed by atoms with Crippen molar-refractivity contribution in [1.82, 2.24) is 14.5 Å². The molecule has 9 heteroatoms. The van der Waals surface area contributed by atoms with Crippen LogP contribution < -0.4 is 4.74 Å². The van der Waals surface area contributed by atoms with Gasteiger partial charge in [0.2, 0.25) is 0 Å². The topological polar surface area (TPSA) is 39.9 Å². The second-order valence-corrected chi connectivity index (χ2v) is 10.0. The van der Waals surface area contributed by atoms with Gasteiger partial charge < -0.3 is 4.74 Å². The van der Waals surface area contributed by atoms with Crippen LogP contribution in [0.15, 0.2) is 60.0 Å². The molecule has 5 rings (SSSR count). The lowest BCUT2D eigenvalue weighted by Crippen LogP contribution is -2.15. The molecule has 0 N–H and O–H groups in total. The Kier molecular flexibility index (Phi) is 7.00. The van der Waals surface area contributed by atoms with E-state index in [1.165, 1.54) is 30.1 Å². The molecule has 0 aliphatic heterocycles. The molecule has 0 radical (unpaired) electrons. The van der Waals surface area contributed by atoms with Crippen LogP contribution in [0.25, 0.3) is 5.69 Å². The first-order valence-corrected chi connectivity index (χ1v) is 12.8. The first-order valence-electron chi connectivity index (χ1n) is 11.1. The summed E-state index contributed by atoms with van der Waals surface area (Å²) in [7, 11) is 1.60. The van der Waals surface area contributed by atoms with Crippen LogP contribution in [0.2, 0.25) is 10.0 Å². The number of rotatable bonds is 6.